The Hall–Kier alpha value is -4.01. The van der Waals surface area contributed by atoms with Crippen LogP contribution >= 0.6 is 0 Å². The van der Waals surface area contributed by atoms with Gasteiger partial charge >= 0.3 is 12.2 Å². The SMILES string of the molecule is O=C(N[C@H]1C/C=C/CNC(=O)[C@H]2CN(C(=O)O)CCN2c2cccc1c2)OCc1ccccc1. The number of nitrogens with one attached hydrogen (secondary N) is 2. The molecule has 0 unspecified atom stereocenters. The second-order valence-electron chi connectivity index (χ2n) is 8.24. The standard InChI is InChI=1S/C25H28N4O5/c30-23-22-16-28(25(32)33)13-14-29(22)20-10-6-9-19(15-20)21(11-4-5-12-26-23)27-24(31)34-17-18-7-2-1-3-8-18/h1-10,15,21-22H,11-14,16-17H2,(H,26,30)(H,27,31)(H,32,33)/b5-4+/t21-,22+/m0/s1. The van der Waals surface area contributed by atoms with Gasteiger partial charge in [-0.25, -0.2) is 9.59 Å². The molecule has 178 valence electrons. The predicted octanol–water partition coefficient (Wildman–Crippen LogP) is 2.90. The number of piperazine rings is 1. The molecule has 0 radical (unpaired) electrons. The average Bonchev–Trinajstić information content (AvgIpc) is 2.86. The molecular formula is C25H28N4O5. The topological polar surface area (TPSA) is 111 Å². The summed E-state index contributed by atoms with van der Waals surface area (Å²) >= 11 is 0. The van der Waals surface area contributed by atoms with E-state index >= 15 is 0 Å². The maximum Gasteiger partial charge on any atom is 0.407 e. The molecule has 2 bridgehead atoms. The largest absolute Gasteiger partial charge is 0.465 e. The van der Waals surface area contributed by atoms with Crippen LogP contribution in [0.4, 0.5) is 15.3 Å². The van der Waals surface area contributed by atoms with Crippen molar-refractivity contribution in [3.63, 3.8) is 0 Å². The van der Waals surface area contributed by atoms with Crippen LogP contribution in [0.5, 0.6) is 0 Å². The van der Waals surface area contributed by atoms with Crippen molar-refractivity contribution < 1.29 is 24.2 Å². The zero-order chi connectivity index (χ0) is 23.9. The number of fused-ring (bicyclic) bond motifs is 4. The summed E-state index contributed by atoms with van der Waals surface area (Å²) < 4.78 is 5.41. The van der Waals surface area contributed by atoms with E-state index in [1.807, 2.05) is 71.6 Å². The summed E-state index contributed by atoms with van der Waals surface area (Å²) in [5.41, 5.74) is 2.58. The molecule has 1 fully saturated rings. The Morgan fingerprint density at radius 2 is 1.91 bits per heavy atom. The number of carbonyl (C=O) groups is 3. The van der Waals surface area contributed by atoms with Gasteiger partial charge in [-0.3, -0.25) is 4.79 Å². The summed E-state index contributed by atoms with van der Waals surface area (Å²) in [6, 6.07) is 16.1. The number of anilines is 1. The molecule has 9 heteroatoms. The van der Waals surface area contributed by atoms with Crippen LogP contribution in [-0.2, 0) is 16.1 Å². The molecule has 0 spiro atoms. The maximum absolute atomic E-state index is 12.8. The third-order valence-electron chi connectivity index (χ3n) is 6.00. The fourth-order valence-electron chi connectivity index (χ4n) is 4.19. The van der Waals surface area contributed by atoms with Crippen LogP contribution in [0.3, 0.4) is 0 Å². The van der Waals surface area contributed by atoms with Crippen LogP contribution in [0.2, 0.25) is 0 Å². The first-order chi connectivity index (χ1) is 16.5. The van der Waals surface area contributed by atoms with Crippen molar-refractivity contribution in [1.29, 1.82) is 0 Å². The van der Waals surface area contributed by atoms with Crippen LogP contribution in [0.15, 0.2) is 66.7 Å². The van der Waals surface area contributed by atoms with E-state index in [1.165, 1.54) is 4.90 Å². The fourth-order valence-corrected chi connectivity index (χ4v) is 4.19. The lowest BCUT2D eigenvalue weighted by molar-refractivity contribution is -0.122. The predicted molar refractivity (Wildman–Crippen MR) is 126 cm³/mol. The smallest absolute Gasteiger partial charge is 0.407 e. The summed E-state index contributed by atoms with van der Waals surface area (Å²) in [5.74, 6) is -0.222. The van der Waals surface area contributed by atoms with E-state index in [-0.39, 0.29) is 25.1 Å². The van der Waals surface area contributed by atoms with Gasteiger partial charge in [0.2, 0.25) is 5.91 Å². The molecule has 1 saturated heterocycles. The van der Waals surface area contributed by atoms with Crippen molar-refractivity contribution in [2.45, 2.75) is 25.1 Å². The first kappa shape index (κ1) is 23.2. The molecule has 0 aliphatic carbocycles. The molecule has 4 rings (SSSR count). The first-order valence-corrected chi connectivity index (χ1v) is 11.3. The number of benzene rings is 2. The van der Waals surface area contributed by atoms with E-state index in [0.29, 0.717) is 26.1 Å². The number of carbonyl (C=O) groups excluding carboxylic acids is 2. The van der Waals surface area contributed by atoms with E-state index < -0.39 is 18.2 Å². The monoisotopic (exact) mass is 464 g/mol. The Balaban J connectivity index is 1.53. The van der Waals surface area contributed by atoms with Gasteiger partial charge in [-0.05, 0) is 29.7 Å². The number of carboxylic acid groups (broad SMARTS) is 1. The second-order valence-corrected chi connectivity index (χ2v) is 8.24. The molecule has 2 atom stereocenters. The molecule has 2 aliphatic heterocycles. The van der Waals surface area contributed by atoms with Gasteiger partial charge in [0, 0.05) is 25.3 Å². The highest BCUT2D eigenvalue weighted by molar-refractivity contribution is 5.86. The molecule has 3 amide bonds. The van der Waals surface area contributed by atoms with Gasteiger partial charge in [0.15, 0.2) is 0 Å². The molecule has 0 saturated carbocycles. The summed E-state index contributed by atoms with van der Waals surface area (Å²) in [5, 5.41) is 15.2. The van der Waals surface area contributed by atoms with Crippen LogP contribution in [0.25, 0.3) is 0 Å². The zero-order valence-electron chi connectivity index (χ0n) is 18.7. The number of alkyl carbamates (subject to hydrolysis) is 1. The van der Waals surface area contributed by atoms with E-state index in [1.54, 1.807) is 0 Å². The lowest BCUT2D eigenvalue weighted by Gasteiger charge is -2.41. The molecule has 34 heavy (non-hydrogen) atoms. The number of nitrogens with zero attached hydrogens (tertiary/aromatic N) is 2. The van der Waals surface area contributed by atoms with Gasteiger partial charge in [0.25, 0.3) is 0 Å². The maximum atomic E-state index is 12.8. The molecule has 2 aromatic carbocycles. The molecule has 3 N–H and O–H groups in total. The zero-order valence-corrected chi connectivity index (χ0v) is 18.7. The summed E-state index contributed by atoms with van der Waals surface area (Å²) in [6.07, 6.45) is 2.70. The first-order valence-electron chi connectivity index (χ1n) is 11.3. The van der Waals surface area contributed by atoms with Crippen LogP contribution in [0.1, 0.15) is 23.6 Å². The van der Waals surface area contributed by atoms with Crippen molar-refractivity contribution >= 4 is 23.8 Å². The molecule has 9 nitrogen and oxygen atoms in total. The highest BCUT2D eigenvalue weighted by Crippen LogP contribution is 2.27. The van der Waals surface area contributed by atoms with Crippen molar-refractivity contribution in [1.82, 2.24) is 15.5 Å². The highest BCUT2D eigenvalue weighted by Gasteiger charge is 2.34. The Morgan fingerprint density at radius 3 is 2.71 bits per heavy atom. The number of rotatable bonds is 3. The molecule has 2 aliphatic rings. The quantitative estimate of drug-likeness (QED) is 0.603. The third kappa shape index (κ3) is 5.67. The highest BCUT2D eigenvalue weighted by atomic mass is 16.5. The second kappa shape index (κ2) is 10.7. The van der Waals surface area contributed by atoms with Crippen molar-refractivity contribution in [3.8, 4) is 0 Å². The summed E-state index contributed by atoms with van der Waals surface area (Å²) in [6.45, 7) is 1.27. The summed E-state index contributed by atoms with van der Waals surface area (Å²) in [4.78, 5) is 40.1. The molecule has 2 aromatic rings. The number of hydrogen-bond donors (Lipinski definition) is 3. The Morgan fingerprint density at radius 1 is 1.09 bits per heavy atom. The van der Waals surface area contributed by atoms with E-state index in [4.69, 9.17) is 4.74 Å². The Labute approximate surface area is 198 Å². The lowest BCUT2D eigenvalue weighted by atomic mass is 10.0. The van der Waals surface area contributed by atoms with Gasteiger partial charge < -0.3 is 30.3 Å². The lowest BCUT2D eigenvalue weighted by Crippen LogP contribution is -2.60. The Kier molecular flexibility index (Phi) is 7.31. The van der Waals surface area contributed by atoms with Crippen molar-refractivity contribution in [2.75, 3.05) is 31.1 Å². The number of ether oxygens (including phenoxy) is 1. The van der Waals surface area contributed by atoms with Gasteiger partial charge in [0.1, 0.15) is 12.6 Å². The molecule has 2 heterocycles. The van der Waals surface area contributed by atoms with Crippen LogP contribution in [0, 0.1) is 0 Å². The summed E-state index contributed by atoms with van der Waals surface area (Å²) in [7, 11) is 0. The third-order valence-corrected chi connectivity index (χ3v) is 6.00. The van der Waals surface area contributed by atoms with Crippen LogP contribution in [-0.4, -0.2) is 60.3 Å². The van der Waals surface area contributed by atoms with E-state index in [9.17, 15) is 19.5 Å². The minimum atomic E-state index is -1.04. The minimum absolute atomic E-state index is 0.0859. The number of amides is 3. The van der Waals surface area contributed by atoms with Crippen LogP contribution < -0.4 is 15.5 Å². The van der Waals surface area contributed by atoms with Crippen molar-refractivity contribution in [2.24, 2.45) is 0 Å². The van der Waals surface area contributed by atoms with Gasteiger partial charge in [-0.15, -0.1) is 0 Å². The minimum Gasteiger partial charge on any atom is -0.465 e. The van der Waals surface area contributed by atoms with Gasteiger partial charge in [-0.2, -0.15) is 0 Å². The van der Waals surface area contributed by atoms with Gasteiger partial charge in [0.05, 0.1) is 12.6 Å². The molecular weight excluding hydrogens is 436 g/mol. The molecule has 0 aromatic heterocycles. The normalized spacial score (nSPS) is 21.2. The Bertz CT molecular complexity index is 1060. The fraction of sp³-hybridized carbons (Fsp3) is 0.320. The van der Waals surface area contributed by atoms with E-state index in [0.717, 1.165) is 16.8 Å². The van der Waals surface area contributed by atoms with E-state index in [2.05, 4.69) is 10.6 Å². The number of hydrogen-bond acceptors (Lipinski definition) is 5. The van der Waals surface area contributed by atoms with Gasteiger partial charge in [-0.1, -0.05) is 54.6 Å². The average molecular weight is 465 g/mol. The van der Waals surface area contributed by atoms with Crippen molar-refractivity contribution in [3.05, 3.63) is 77.9 Å².